The second-order valence-corrected chi connectivity index (χ2v) is 12.0. The summed E-state index contributed by atoms with van der Waals surface area (Å²) in [6.45, 7) is 8.86. The highest BCUT2D eigenvalue weighted by atomic mass is 32.1. The molecule has 0 radical (unpaired) electrons. The van der Waals surface area contributed by atoms with Crippen LogP contribution in [0.2, 0.25) is 0 Å². The summed E-state index contributed by atoms with van der Waals surface area (Å²) in [5, 5.41) is 38.1. The third-order valence-corrected chi connectivity index (χ3v) is 7.78. The van der Waals surface area contributed by atoms with Gasteiger partial charge in [0.1, 0.15) is 22.4 Å². The van der Waals surface area contributed by atoms with Gasteiger partial charge in [-0.2, -0.15) is 4.98 Å². The van der Waals surface area contributed by atoms with Gasteiger partial charge in [0.25, 0.3) is 0 Å². The highest BCUT2D eigenvalue weighted by Gasteiger charge is 2.41. The predicted molar refractivity (Wildman–Crippen MR) is 138 cm³/mol. The highest BCUT2D eigenvalue weighted by Crippen LogP contribution is 2.44. The first kappa shape index (κ1) is 24.3. The van der Waals surface area contributed by atoms with Gasteiger partial charge in [-0.05, 0) is 37.7 Å². The van der Waals surface area contributed by atoms with E-state index in [0.717, 1.165) is 45.0 Å². The largest absolute Gasteiger partial charge is 0.396 e. The number of anilines is 2. The maximum atomic E-state index is 10.6. The molecule has 3 aromatic rings. The van der Waals surface area contributed by atoms with Crippen molar-refractivity contribution >= 4 is 33.3 Å². The molecule has 2 aliphatic carbocycles. The number of rotatable bonds is 7. The molecule has 9 nitrogen and oxygen atoms in total. The lowest BCUT2D eigenvalue weighted by atomic mass is 9.97. The molecule has 3 aromatic heterocycles. The van der Waals surface area contributed by atoms with Crippen molar-refractivity contribution < 1.29 is 15.3 Å². The van der Waals surface area contributed by atoms with Crippen molar-refractivity contribution in [3.8, 4) is 10.6 Å². The van der Waals surface area contributed by atoms with Crippen molar-refractivity contribution in [3.05, 3.63) is 23.7 Å². The minimum Gasteiger partial charge on any atom is -0.396 e. The number of thiazole rings is 1. The average Bonchev–Trinajstić information content (AvgIpc) is 3.50. The van der Waals surface area contributed by atoms with Gasteiger partial charge in [0.15, 0.2) is 0 Å². The van der Waals surface area contributed by atoms with E-state index in [-0.39, 0.29) is 17.9 Å². The molecule has 3 heterocycles. The van der Waals surface area contributed by atoms with Crippen molar-refractivity contribution in [2.24, 2.45) is 11.3 Å². The van der Waals surface area contributed by atoms with E-state index < -0.39 is 18.2 Å². The molecule has 0 saturated heterocycles. The van der Waals surface area contributed by atoms with Crippen LogP contribution in [-0.4, -0.2) is 66.7 Å². The Hall–Kier alpha value is -2.40. The normalized spacial score (nSPS) is 24.8. The summed E-state index contributed by atoms with van der Waals surface area (Å²) in [4.78, 5) is 19.1. The maximum Gasteiger partial charge on any atom is 0.224 e. The summed E-state index contributed by atoms with van der Waals surface area (Å²) in [5.74, 6) is 1.15. The van der Waals surface area contributed by atoms with Crippen molar-refractivity contribution in [1.29, 1.82) is 0 Å². The van der Waals surface area contributed by atoms with E-state index in [4.69, 9.17) is 15.0 Å². The average molecular weight is 499 g/mol. The monoisotopic (exact) mass is 498 g/mol. The number of pyridine rings is 1. The molecule has 35 heavy (non-hydrogen) atoms. The van der Waals surface area contributed by atoms with Gasteiger partial charge < -0.3 is 26.0 Å². The van der Waals surface area contributed by atoms with Gasteiger partial charge in [-0.15, -0.1) is 11.3 Å². The van der Waals surface area contributed by atoms with Crippen LogP contribution in [0.1, 0.15) is 57.3 Å². The minimum atomic E-state index is -1.01. The Bertz CT molecular complexity index is 1220. The smallest absolute Gasteiger partial charge is 0.224 e. The maximum absolute atomic E-state index is 10.6. The van der Waals surface area contributed by atoms with Gasteiger partial charge in [-0.1, -0.05) is 20.8 Å². The number of fused-ring (bicyclic) bond motifs is 1. The van der Waals surface area contributed by atoms with Crippen LogP contribution in [0.5, 0.6) is 0 Å². The van der Waals surface area contributed by atoms with Crippen LogP contribution in [0, 0.1) is 18.3 Å². The molecule has 0 aromatic carbocycles. The number of nitrogens with zero attached hydrogens (tertiary/aromatic N) is 4. The second-order valence-electron chi connectivity index (χ2n) is 11.0. The van der Waals surface area contributed by atoms with E-state index >= 15 is 0 Å². The summed E-state index contributed by atoms with van der Waals surface area (Å²) in [6, 6.07) is 1.54. The lowest BCUT2D eigenvalue weighted by molar-refractivity contribution is 0.00446. The summed E-state index contributed by atoms with van der Waals surface area (Å²) < 4.78 is 1.08. The standard InChI is InChI=1S/C25H34N6O3S/c1-12-17(23-30-19-16(35-23)7-8-26-18(19)13-5-6-13)22(31-24(28-12)27-11-25(2,3)4)29-15-9-14(10-32)20(33)21(15)34/h7-8,13-15,20-21,32-34H,5-6,9-11H2,1-4H3,(H2,27,28,29,31). The van der Waals surface area contributed by atoms with Crippen LogP contribution < -0.4 is 10.6 Å². The first-order valence-corrected chi connectivity index (χ1v) is 13.1. The van der Waals surface area contributed by atoms with Crippen LogP contribution in [-0.2, 0) is 0 Å². The summed E-state index contributed by atoms with van der Waals surface area (Å²) in [7, 11) is 0. The number of hydrogen-bond acceptors (Lipinski definition) is 10. The first-order chi connectivity index (χ1) is 16.6. The first-order valence-electron chi connectivity index (χ1n) is 12.3. The molecule has 0 spiro atoms. The number of aromatic nitrogens is 4. The SMILES string of the molecule is Cc1nc(NCC(C)(C)C)nc(NC2CC(CO)C(O)C2O)c1-c1nc2c(C3CC3)nccc2s1. The van der Waals surface area contributed by atoms with E-state index in [1.165, 1.54) is 0 Å². The summed E-state index contributed by atoms with van der Waals surface area (Å²) in [5.41, 5.74) is 3.59. The zero-order valence-electron chi connectivity index (χ0n) is 20.6. The lowest BCUT2D eigenvalue weighted by Crippen LogP contribution is -2.36. The summed E-state index contributed by atoms with van der Waals surface area (Å²) in [6.07, 6.45) is 2.58. The number of aliphatic hydroxyl groups excluding tert-OH is 3. The van der Waals surface area contributed by atoms with Crippen LogP contribution in [0.15, 0.2) is 12.3 Å². The molecule has 2 fully saturated rings. The topological polar surface area (TPSA) is 136 Å². The number of hydrogen-bond donors (Lipinski definition) is 5. The second kappa shape index (κ2) is 9.24. The quantitative estimate of drug-likeness (QED) is 0.332. The molecular formula is C25H34N6O3S. The molecule has 0 aliphatic heterocycles. The molecule has 188 valence electrons. The van der Waals surface area contributed by atoms with Gasteiger partial charge in [0.2, 0.25) is 5.95 Å². The Morgan fingerprint density at radius 2 is 1.89 bits per heavy atom. The van der Waals surface area contributed by atoms with Crippen molar-refractivity contribution in [3.63, 3.8) is 0 Å². The Morgan fingerprint density at radius 1 is 1.11 bits per heavy atom. The molecule has 5 N–H and O–H groups in total. The minimum absolute atomic E-state index is 0.0445. The molecular weight excluding hydrogens is 464 g/mol. The van der Waals surface area contributed by atoms with Gasteiger partial charge >= 0.3 is 0 Å². The van der Waals surface area contributed by atoms with Gasteiger partial charge in [0, 0.05) is 31.2 Å². The van der Waals surface area contributed by atoms with Crippen LogP contribution in [0.3, 0.4) is 0 Å². The van der Waals surface area contributed by atoms with E-state index in [1.54, 1.807) is 11.3 Å². The Balaban J connectivity index is 1.56. The Labute approximate surface area is 209 Å². The molecule has 10 heteroatoms. The van der Waals surface area contributed by atoms with Gasteiger partial charge in [0.05, 0.1) is 33.8 Å². The van der Waals surface area contributed by atoms with Crippen molar-refractivity contribution in [2.45, 2.75) is 71.1 Å². The fraction of sp³-hybridized carbons (Fsp3) is 0.600. The number of aryl methyl sites for hydroxylation is 1. The number of aliphatic hydroxyl groups is 3. The fourth-order valence-electron chi connectivity index (χ4n) is 4.62. The molecule has 0 bridgehead atoms. The zero-order valence-corrected chi connectivity index (χ0v) is 21.4. The van der Waals surface area contributed by atoms with E-state index in [9.17, 15) is 15.3 Å². The third-order valence-electron chi connectivity index (χ3n) is 6.74. The van der Waals surface area contributed by atoms with Gasteiger partial charge in [-0.3, -0.25) is 4.98 Å². The molecule has 0 amide bonds. The fourth-order valence-corrected chi connectivity index (χ4v) is 5.69. The molecule has 2 aliphatic rings. The van der Waals surface area contributed by atoms with E-state index in [0.29, 0.717) is 30.6 Å². The molecule has 4 atom stereocenters. The highest BCUT2D eigenvalue weighted by molar-refractivity contribution is 7.21. The Morgan fingerprint density at radius 3 is 2.54 bits per heavy atom. The zero-order chi connectivity index (χ0) is 24.9. The summed E-state index contributed by atoms with van der Waals surface area (Å²) >= 11 is 1.58. The van der Waals surface area contributed by atoms with Gasteiger partial charge in [-0.25, -0.2) is 9.97 Å². The lowest BCUT2D eigenvalue weighted by Gasteiger charge is -2.22. The van der Waals surface area contributed by atoms with Crippen LogP contribution in [0.25, 0.3) is 20.8 Å². The van der Waals surface area contributed by atoms with E-state index in [2.05, 4.69) is 36.4 Å². The van der Waals surface area contributed by atoms with Crippen molar-refractivity contribution in [1.82, 2.24) is 19.9 Å². The van der Waals surface area contributed by atoms with Crippen LogP contribution in [0.4, 0.5) is 11.8 Å². The third kappa shape index (κ3) is 4.97. The molecule has 5 rings (SSSR count). The van der Waals surface area contributed by atoms with Crippen LogP contribution >= 0.6 is 11.3 Å². The molecule has 2 saturated carbocycles. The Kier molecular flexibility index (Phi) is 6.41. The molecule has 4 unspecified atom stereocenters. The predicted octanol–water partition coefficient (Wildman–Crippen LogP) is 3.31. The number of nitrogens with one attached hydrogen (secondary N) is 2. The van der Waals surface area contributed by atoms with E-state index in [1.807, 2.05) is 19.2 Å². The van der Waals surface area contributed by atoms with Crippen molar-refractivity contribution in [2.75, 3.05) is 23.8 Å².